The summed E-state index contributed by atoms with van der Waals surface area (Å²) in [6.07, 6.45) is 5.13. The van der Waals surface area contributed by atoms with Crippen LogP contribution in [0.5, 0.6) is 0 Å². The van der Waals surface area contributed by atoms with Gasteiger partial charge in [0, 0.05) is 17.8 Å². The highest BCUT2D eigenvalue weighted by Gasteiger charge is 2.09. The molecule has 0 aliphatic carbocycles. The standard InChI is InChI=1S/C9H9IN4S/c1-6(9-12-2-3-15-9)14-8-7(10)4-11-5-13-8/h2-6H,1H3,(H,11,13,14). The van der Waals surface area contributed by atoms with E-state index >= 15 is 0 Å². The van der Waals surface area contributed by atoms with Gasteiger partial charge in [0.2, 0.25) is 0 Å². The van der Waals surface area contributed by atoms with E-state index in [0.29, 0.717) is 0 Å². The second kappa shape index (κ2) is 4.84. The number of rotatable bonds is 3. The fraction of sp³-hybridized carbons (Fsp3) is 0.222. The molecule has 0 saturated heterocycles. The van der Waals surface area contributed by atoms with Gasteiger partial charge in [-0.2, -0.15) is 0 Å². The van der Waals surface area contributed by atoms with Crippen molar-refractivity contribution in [2.24, 2.45) is 0 Å². The van der Waals surface area contributed by atoms with Gasteiger partial charge in [-0.3, -0.25) is 0 Å². The van der Waals surface area contributed by atoms with Gasteiger partial charge in [0.15, 0.2) is 0 Å². The summed E-state index contributed by atoms with van der Waals surface area (Å²) < 4.78 is 1.01. The van der Waals surface area contributed by atoms with Crippen LogP contribution in [0.4, 0.5) is 5.82 Å². The molecule has 0 aliphatic heterocycles. The Labute approximate surface area is 105 Å². The molecule has 4 nitrogen and oxygen atoms in total. The van der Waals surface area contributed by atoms with E-state index in [1.54, 1.807) is 23.9 Å². The number of thiazole rings is 1. The van der Waals surface area contributed by atoms with Crippen LogP contribution in [0.2, 0.25) is 0 Å². The summed E-state index contributed by atoms with van der Waals surface area (Å²) >= 11 is 3.84. The van der Waals surface area contributed by atoms with Gasteiger partial charge in [0.25, 0.3) is 0 Å². The molecular weight excluding hydrogens is 323 g/mol. The lowest BCUT2D eigenvalue weighted by Crippen LogP contribution is -2.08. The minimum atomic E-state index is 0.174. The van der Waals surface area contributed by atoms with Crippen molar-refractivity contribution in [1.82, 2.24) is 15.0 Å². The lowest BCUT2D eigenvalue weighted by molar-refractivity contribution is 0.856. The summed E-state index contributed by atoms with van der Waals surface area (Å²) in [5, 5.41) is 6.33. The van der Waals surface area contributed by atoms with E-state index in [9.17, 15) is 0 Å². The van der Waals surface area contributed by atoms with E-state index in [4.69, 9.17) is 0 Å². The molecule has 0 radical (unpaired) electrons. The molecule has 2 aromatic rings. The topological polar surface area (TPSA) is 50.7 Å². The molecule has 0 aromatic carbocycles. The normalized spacial score (nSPS) is 12.4. The second-order valence-corrected chi connectivity index (χ2v) is 5.04. The van der Waals surface area contributed by atoms with Gasteiger partial charge in [0.05, 0.1) is 9.61 Å². The fourth-order valence-electron chi connectivity index (χ4n) is 1.13. The highest BCUT2D eigenvalue weighted by molar-refractivity contribution is 14.1. The van der Waals surface area contributed by atoms with E-state index in [1.807, 2.05) is 11.6 Å². The maximum Gasteiger partial charge on any atom is 0.143 e. The van der Waals surface area contributed by atoms with Crippen molar-refractivity contribution in [3.63, 3.8) is 0 Å². The summed E-state index contributed by atoms with van der Waals surface area (Å²) in [5.74, 6) is 0.855. The van der Waals surface area contributed by atoms with Crippen LogP contribution in [0.25, 0.3) is 0 Å². The van der Waals surface area contributed by atoms with Crippen molar-refractivity contribution in [2.45, 2.75) is 13.0 Å². The molecule has 78 valence electrons. The van der Waals surface area contributed by atoms with Crippen molar-refractivity contribution in [3.05, 3.63) is 32.7 Å². The first-order valence-electron chi connectivity index (χ1n) is 4.39. The van der Waals surface area contributed by atoms with Crippen molar-refractivity contribution in [2.75, 3.05) is 5.32 Å². The number of nitrogens with zero attached hydrogens (tertiary/aromatic N) is 3. The zero-order chi connectivity index (χ0) is 10.7. The predicted molar refractivity (Wildman–Crippen MR) is 68.9 cm³/mol. The summed E-state index contributed by atoms with van der Waals surface area (Å²) in [6.45, 7) is 2.07. The van der Waals surface area contributed by atoms with Crippen LogP contribution >= 0.6 is 33.9 Å². The van der Waals surface area contributed by atoms with E-state index in [2.05, 4.69) is 49.8 Å². The lowest BCUT2D eigenvalue weighted by atomic mass is 10.3. The minimum Gasteiger partial charge on any atom is -0.360 e. The van der Waals surface area contributed by atoms with Crippen molar-refractivity contribution >= 4 is 39.7 Å². The molecule has 15 heavy (non-hydrogen) atoms. The van der Waals surface area contributed by atoms with Crippen LogP contribution in [0, 0.1) is 3.57 Å². The molecule has 2 aromatic heterocycles. The van der Waals surface area contributed by atoms with Gasteiger partial charge in [-0.1, -0.05) is 0 Å². The van der Waals surface area contributed by atoms with Gasteiger partial charge in [-0.15, -0.1) is 11.3 Å². The Balaban J connectivity index is 2.13. The maximum absolute atomic E-state index is 4.25. The summed E-state index contributed by atoms with van der Waals surface area (Å²) in [5.41, 5.74) is 0. The SMILES string of the molecule is CC(Nc1ncncc1I)c1nccs1. The molecule has 1 N–H and O–H groups in total. The average molecular weight is 332 g/mol. The molecule has 2 heterocycles. The highest BCUT2D eigenvalue weighted by atomic mass is 127. The predicted octanol–water partition coefficient (Wildman–Crippen LogP) is 2.71. The maximum atomic E-state index is 4.25. The van der Waals surface area contributed by atoms with Gasteiger partial charge >= 0.3 is 0 Å². The van der Waals surface area contributed by atoms with Crippen molar-refractivity contribution in [3.8, 4) is 0 Å². The number of hydrogen-bond donors (Lipinski definition) is 1. The zero-order valence-corrected chi connectivity index (χ0v) is 11.0. The third kappa shape index (κ3) is 2.63. The number of nitrogens with one attached hydrogen (secondary N) is 1. The van der Waals surface area contributed by atoms with E-state index in [1.165, 1.54) is 0 Å². The first-order chi connectivity index (χ1) is 7.27. The van der Waals surface area contributed by atoms with Crippen LogP contribution in [-0.2, 0) is 0 Å². The molecule has 1 unspecified atom stereocenters. The van der Waals surface area contributed by atoms with Gasteiger partial charge in [-0.05, 0) is 29.5 Å². The molecule has 0 aliphatic rings. The molecule has 2 rings (SSSR count). The van der Waals surface area contributed by atoms with Crippen LogP contribution < -0.4 is 5.32 Å². The number of halogens is 1. The Hall–Kier alpha value is -0.760. The third-order valence-electron chi connectivity index (χ3n) is 1.84. The molecule has 0 saturated carbocycles. The average Bonchev–Trinajstić information content (AvgIpc) is 2.74. The molecule has 0 amide bonds. The zero-order valence-electron chi connectivity index (χ0n) is 8.01. The molecule has 6 heteroatoms. The summed E-state index contributed by atoms with van der Waals surface area (Å²) in [7, 11) is 0. The largest absolute Gasteiger partial charge is 0.360 e. The Morgan fingerprint density at radius 3 is 3.00 bits per heavy atom. The number of aromatic nitrogens is 3. The van der Waals surface area contributed by atoms with E-state index in [0.717, 1.165) is 14.4 Å². The first kappa shape index (κ1) is 10.7. The molecular formula is C9H9IN4S. The molecule has 1 atom stereocenters. The van der Waals surface area contributed by atoms with E-state index in [-0.39, 0.29) is 6.04 Å². The summed E-state index contributed by atoms with van der Waals surface area (Å²) in [6, 6.07) is 0.174. The Bertz CT molecular complexity index is 431. The van der Waals surface area contributed by atoms with Crippen LogP contribution in [0.3, 0.4) is 0 Å². The minimum absolute atomic E-state index is 0.174. The van der Waals surface area contributed by atoms with Crippen LogP contribution in [0.15, 0.2) is 24.1 Å². The summed E-state index contributed by atoms with van der Waals surface area (Å²) in [4.78, 5) is 12.4. The van der Waals surface area contributed by atoms with Crippen molar-refractivity contribution < 1.29 is 0 Å². The van der Waals surface area contributed by atoms with Gasteiger partial charge < -0.3 is 5.32 Å². The van der Waals surface area contributed by atoms with Crippen molar-refractivity contribution in [1.29, 1.82) is 0 Å². The Kier molecular flexibility index (Phi) is 3.47. The quantitative estimate of drug-likeness (QED) is 0.878. The lowest BCUT2D eigenvalue weighted by Gasteiger charge is -2.12. The fourth-order valence-corrected chi connectivity index (χ4v) is 2.24. The Morgan fingerprint density at radius 2 is 2.33 bits per heavy atom. The first-order valence-corrected chi connectivity index (χ1v) is 6.34. The van der Waals surface area contributed by atoms with Gasteiger partial charge in [0.1, 0.15) is 17.2 Å². The highest BCUT2D eigenvalue weighted by Crippen LogP contribution is 2.21. The smallest absolute Gasteiger partial charge is 0.143 e. The number of hydrogen-bond acceptors (Lipinski definition) is 5. The third-order valence-corrected chi connectivity index (χ3v) is 3.59. The van der Waals surface area contributed by atoms with Gasteiger partial charge in [-0.25, -0.2) is 15.0 Å². The monoisotopic (exact) mass is 332 g/mol. The van der Waals surface area contributed by atoms with Crippen LogP contribution in [0.1, 0.15) is 18.0 Å². The molecule has 0 bridgehead atoms. The Morgan fingerprint density at radius 1 is 1.47 bits per heavy atom. The van der Waals surface area contributed by atoms with E-state index < -0.39 is 0 Å². The number of anilines is 1. The molecule has 0 fully saturated rings. The second-order valence-electron chi connectivity index (χ2n) is 2.96. The van der Waals surface area contributed by atoms with Crippen LogP contribution in [-0.4, -0.2) is 15.0 Å². The molecule has 0 spiro atoms.